The smallest absolute Gasteiger partial charge is 0.152 e. The summed E-state index contributed by atoms with van der Waals surface area (Å²) in [6.45, 7) is 6.65. The molecule has 1 aromatic rings. The minimum atomic E-state index is 0.828. The van der Waals surface area contributed by atoms with Crippen LogP contribution in [0.3, 0.4) is 0 Å². The lowest BCUT2D eigenvalue weighted by Crippen LogP contribution is -2.26. The summed E-state index contributed by atoms with van der Waals surface area (Å²) in [7, 11) is 0. The minimum absolute atomic E-state index is 0.828. The van der Waals surface area contributed by atoms with Crippen molar-refractivity contribution in [3.05, 3.63) is 29.8 Å². The molecule has 0 aliphatic heterocycles. The maximum absolute atomic E-state index is 11.3. The Balaban J connectivity index is 2.54. The van der Waals surface area contributed by atoms with E-state index in [9.17, 15) is 4.79 Å². The van der Waals surface area contributed by atoms with E-state index in [-0.39, 0.29) is 0 Å². The van der Waals surface area contributed by atoms with Crippen LogP contribution in [-0.2, 0) is 0 Å². The van der Waals surface area contributed by atoms with Crippen molar-refractivity contribution < 1.29 is 4.79 Å². The van der Waals surface area contributed by atoms with Crippen molar-refractivity contribution in [3.8, 4) is 0 Å². The van der Waals surface area contributed by atoms with Gasteiger partial charge in [0.25, 0.3) is 0 Å². The van der Waals surface area contributed by atoms with Crippen molar-refractivity contribution in [1.82, 2.24) is 0 Å². The fourth-order valence-corrected chi connectivity index (χ4v) is 3.04. The van der Waals surface area contributed by atoms with Crippen LogP contribution in [0.2, 0.25) is 0 Å². The summed E-state index contributed by atoms with van der Waals surface area (Å²) in [6, 6.07) is 8.03. The average molecular weight is 318 g/mol. The highest BCUT2D eigenvalue weighted by Crippen LogP contribution is 2.21. The van der Waals surface area contributed by atoms with Crippen molar-refractivity contribution in [2.75, 3.05) is 18.0 Å². The molecule has 0 aliphatic carbocycles. The van der Waals surface area contributed by atoms with Gasteiger partial charge in [-0.05, 0) is 25.0 Å². The van der Waals surface area contributed by atoms with Gasteiger partial charge in [0.2, 0.25) is 0 Å². The normalized spacial score (nSPS) is 10.7. The van der Waals surface area contributed by atoms with Gasteiger partial charge in [0.15, 0.2) is 6.29 Å². The van der Waals surface area contributed by atoms with E-state index in [0.29, 0.717) is 0 Å². The van der Waals surface area contributed by atoms with Crippen LogP contribution in [0.5, 0.6) is 0 Å². The van der Waals surface area contributed by atoms with Crippen LogP contribution in [0.15, 0.2) is 24.3 Å². The van der Waals surface area contributed by atoms with E-state index in [1.54, 1.807) is 0 Å². The highest BCUT2D eigenvalue weighted by molar-refractivity contribution is 5.84. The number of aldehydes is 1. The average Bonchev–Trinajstić information content (AvgIpc) is 2.59. The minimum Gasteiger partial charge on any atom is -0.371 e. The van der Waals surface area contributed by atoms with Gasteiger partial charge in [0.1, 0.15) is 0 Å². The highest BCUT2D eigenvalue weighted by Gasteiger charge is 2.10. The molecule has 0 spiro atoms. The molecule has 23 heavy (non-hydrogen) atoms. The second-order valence-corrected chi connectivity index (χ2v) is 6.49. The topological polar surface area (TPSA) is 20.3 Å². The van der Waals surface area contributed by atoms with Crippen molar-refractivity contribution in [2.45, 2.75) is 78.1 Å². The van der Waals surface area contributed by atoms with Gasteiger partial charge in [-0.3, -0.25) is 4.79 Å². The van der Waals surface area contributed by atoms with Gasteiger partial charge < -0.3 is 4.90 Å². The molecule has 2 heteroatoms. The molecule has 0 aromatic heterocycles. The molecule has 130 valence electrons. The Hall–Kier alpha value is -1.31. The zero-order chi connectivity index (χ0) is 16.8. The molecule has 0 N–H and O–H groups in total. The zero-order valence-corrected chi connectivity index (χ0v) is 15.2. The fourth-order valence-electron chi connectivity index (χ4n) is 3.04. The molecule has 2 nitrogen and oxygen atoms in total. The molecular weight excluding hydrogens is 282 g/mol. The van der Waals surface area contributed by atoms with Gasteiger partial charge in [0.05, 0.1) is 0 Å². The molecule has 0 atom stereocenters. The highest BCUT2D eigenvalue weighted by atomic mass is 16.1. The van der Waals surface area contributed by atoms with Crippen LogP contribution in [-0.4, -0.2) is 19.4 Å². The van der Waals surface area contributed by atoms with Gasteiger partial charge in [-0.25, -0.2) is 0 Å². The van der Waals surface area contributed by atoms with E-state index >= 15 is 0 Å². The summed E-state index contributed by atoms with van der Waals surface area (Å²) in [5.74, 6) is 0. The monoisotopic (exact) mass is 317 g/mol. The summed E-state index contributed by atoms with van der Waals surface area (Å²) >= 11 is 0. The summed E-state index contributed by atoms with van der Waals surface area (Å²) in [5.41, 5.74) is 1.95. The molecule has 1 rings (SSSR count). The van der Waals surface area contributed by atoms with Crippen LogP contribution in [0, 0.1) is 0 Å². The molecule has 0 fully saturated rings. The lowest BCUT2D eigenvalue weighted by atomic mass is 10.1. The summed E-state index contributed by atoms with van der Waals surface area (Å²) < 4.78 is 0. The third-order valence-corrected chi connectivity index (χ3v) is 4.47. The SMILES string of the molecule is CCCCCCCN(CCCCCCC)c1ccccc1C=O. The number of benzene rings is 1. The van der Waals surface area contributed by atoms with E-state index in [1.165, 1.54) is 64.2 Å². The standard InChI is InChI=1S/C21H35NO/c1-3-5-7-9-13-17-22(18-14-10-8-6-4-2)21-16-12-11-15-20(21)19-23/h11-12,15-16,19H,3-10,13-14,17-18H2,1-2H3. The largest absolute Gasteiger partial charge is 0.371 e. The Morgan fingerprint density at radius 3 is 1.83 bits per heavy atom. The van der Waals surface area contributed by atoms with E-state index in [2.05, 4.69) is 24.8 Å². The van der Waals surface area contributed by atoms with Gasteiger partial charge in [-0.2, -0.15) is 0 Å². The van der Waals surface area contributed by atoms with Crippen molar-refractivity contribution >= 4 is 12.0 Å². The fraction of sp³-hybridized carbons (Fsp3) is 0.667. The molecule has 0 saturated heterocycles. The number of hydrogen-bond acceptors (Lipinski definition) is 2. The first-order valence-electron chi connectivity index (χ1n) is 9.62. The van der Waals surface area contributed by atoms with Gasteiger partial charge in [-0.1, -0.05) is 77.3 Å². The molecule has 0 unspecified atom stereocenters. The quantitative estimate of drug-likeness (QED) is 0.299. The first kappa shape index (κ1) is 19.7. The Morgan fingerprint density at radius 1 is 0.783 bits per heavy atom. The Morgan fingerprint density at radius 2 is 1.30 bits per heavy atom. The third kappa shape index (κ3) is 8.20. The number of carbonyl (C=O) groups excluding carboxylic acids is 1. The molecule has 0 heterocycles. The number of unbranched alkanes of at least 4 members (excludes halogenated alkanes) is 8. The zero-order valence-electron chi connectivity index (χ0n) is 15.2. The predicted molar refractivity (Wildman–Crippen MR) is 102 cm³/mol. The van der Waals surface area contributed by atoms with Crippen LogP contribution < -0.4 is 4.90 Å². The third-order valence-electron chi connectivity index (χ3n) is 4.47. The van der Waals surface area contributed by atoms with Crippen LogP contribution in [0.25, 0.3) is 0 Å². The molecular formula is C21H35NO. The van der Waals surface area contributed by atoms with Crippen molar-refractivity contribution in [3.63, 3.8) is 0 Å². The second kappa shape index (κ2) is 13.2. The van der Waals surface area contributed by atoms with Crippen molar-refractivity contribution in [1.29, 1.82) is 0 Å². The van der Waals surface area contributed by atoms with Crippen LogP contribution in [0.1, 0.15) is 88.4 Å². The van der Waals surface area contributed by atoms with Gasteiger partial charge in [-0.15, -0.1) is 0 Å². The summed E-state index contributed by atoms with van der Waals surface area (Å²) in [6.07, 6.45) is 13.9. The van der Waals surface area contributed by atoms with Crippen molar-refractivity contribution in [2.24, 2.45) is 0 Å². The van der Waals surface area contributed by atoms with E-state index in [1.807, 2.05) is 18.2 Å². The molecule has 0 aliphatic rings. The first-order chi connectivity index (χ1) is 11.3. The summed E-state index contributed by atoms with van der Waals surface area (Å²) in [4.78, 5) is 13.8. The number of hydrogen-bond donors (Lipinski definition) is 0. The number of rotatable bonds is 14. The molecule has 1 aromatic carbocycles. The molecule has 0 bridgehead atoms. The summed E-state index contributed by atoms with van der Waals surface area (Å²) in [5, 5.41) is 0. The maximum atomic E-state index is 11.3. The van der Waals surface area contributed by atoms with Gasteiger partial charge in [0, 0.05) is 24.3 Å². The van der Waals surface area contributed by atoms with Gasteiger partial charge >= 0.3 is 0 Å². The van der Waals surface area contributed by atoms with E-state index in [4.69, 9.17) is 0 Å². The molecule has 0 radical (unpaired) electrons. The maximum Gasteiger partial charge on any atom is 0.152 e. The Kier molecular flexibility index (Phi) is 11.3. The van der Waals surface area contributed by atoms with Crippen LogP contribution >= 0.6 is 0 Å². The number of anilines is 1. The first-order valence-corrected chi connectivity index (χ1v) is 9.62. The molecule has 0 saturated carbocycles. The second-order valence-electron chi connectivity index (χ2n) is 6.49. The van der Waals surface area contributed by atoms with E-state index < -0.39 is 0 Å². The molecule has 0 amide bonds. The van der Waals surface area contributed by atoms with Crippen LogP contribution in [0.4, 0.5) is 5.69 Å². The predicted octanol–water partition coefficient (Wildman–Crippen LogP) is 6.25. The lowest BCUT2D eigenvalue weighted by Gasteiger charge is -2.26. The Labute approximate surface area is 143 Å². The number of para-hydroxylation sites is 1. The number of carbonyl (C=O) groups is 1. The number of nitrogens with zero attached hydrogens (tertiary/aromatic N) is 1. The Bertz CT molecular complexity index is 402. The van der Waals surface area contributed by atoms with E-state index in [0.717, 1.165) is 30.6 Å². The lowest BCUT2D eigenvalue weighted by molar-refractivity contribution is 0.112.